The largest absolute Gasteiger partial charge is 0.395 e. The number of hydrogen-bond acceptors (Lipinski definition) is 4. The third-order valence-corrected chi connectivity index (χ3v) is 4.37. The topological polar surface area (TPSA) is 77.8 Å². The van der Waals surface area contributed by atoms with E-state index in [1.807, 2.05) is 6.08 Å². The zero-order valence-corrected chi connectivity index (χ0v) is 17.5. The molecule has 0 aliphatic heterocycles. The molecule has 0 bridgehead atoms. The van der Waals surface area contributed by atoms with E-state index in [1.54, 1.807) is 13.8 Å². The van der Waals surface area contributed by atoms with Gasteiger partial charge in [0, 0.05) is 25.1 Å². The predicted octanol–water partition coefficient (Wildman–Crippen LogP) is 3.57. The van der Waals surface area contributed by atoms with Gasteiger partial charge in [0.05, 0.1) is 13.2 Å². The third-order valence-electron chi connectivity index (χ3n) is 4.37. The first-order chi connectivity index (χ1) is 12.8. The zero-order valence-electron chi connectivity index (χ0n) is 17.5. The van der Waals surface area contributed by atoms with Gasteiger partial charge in [-0.15, -0.1) is 0 Å². The van der Waals surface area contributed by atoms with Crippen LogP contribution in [0.3, 0.4) is 0 Å². The molecule has 0 aromatic carbocycles. The van der Waals surface area contributed by atoms with Crippen molar-refractivity contribution in [2.75, 3.05) is 26.3 Å². The van der Waals surface area contributed by atoms with Gasteiger partial charge in [0.1, 0.15) is 5.78 Å². The molecule has 0 heterocycles. The molecule has 0 unspecified atom stereocenters. The molecule has 27 heavy (non-hydrogen) atoms. The molecule has 154 valence electrons. The van der Waals surface area contributed by atoms with E-state index < -0.39 is 0 Å². The van der Waals surface area contributed by atoms with Gasteiger partial charge in [-0.25, -0.2) is 0 Å². The summed E-state index contributed by atoms with van der Waals surface area (Å²) in [6.45, 7) is 7.86. The van der Waals surface area contributed by atoms with Gasteiger partial charge in [-0.3, -0.25) is 4.79 Å². The molecule has 5 nitrogen and oxygen atoms in total. The molecule has 0 radical (unpaired) electrons. The van der Waals surface area contributed by atoms with E-state index in [9.17, 15) is 9.59 Å². The van der Waals surface area contributed by atoms with Gasteiger partial charge in [0.15, 0.2) is 0 Å². The molecule has 2 N–H and O–H groups in total. The van der Waals surface area contributed by atoms with Gasteiger partial charge in [-0.2, -0.15) is 0 Å². The van der Waals surface area contributed by atoms with Crippen LogP contribution in [0.2, 0.25) is 0 Å². The highest BCUT2D eigenvalue weighted by molar-refractivity contribution is 5.92. The summed E-state index contributed by atoms with van der Waals surface area (Å²) in [4.78, 5) is 24.7. The average molecular weight is 380 g/mol. The molecule has 0 aromatic rings. The number of aliphatic hydroxyl groups is 2. The Morgan fingerprint density at radius 1 is 0.741 bits per heavy atom. The van der Waals surface area contributed by atoms with Crippen LogP contribution >= 0.6 is 0 Å². The van der Waals surface area contributed by atoms with E-state index in [0.29, 0.717) is 12.0 Å². The summed E-state index contributed by atoms with van der Waals surface area (Å²) in [5.74, 6) is 0.0958. The lowest BCUT2D eigenvalue weighted by molar-refractivity contribution is -0.128. The summed E-state index contributed by atoms with van der Waals surface area (Å²) in [7, 11) is 0. The maximum absolute atomic E-state index is 12.3. The third kappa shape index (κ3) is 13.1. The Morgan fingerprint density at radius 3 is 1.63 bits per heavy atom. The Hall–Kier alpha value is -1.72. The van der Waals surface area contributed by atoms with E-state index >= 15 is 0 Å². The second kappa shape index (κ2) is 15.3. The lowest BCUT2D eigenvalue weighted by Gasteiger charge is -2.20. The van der Waals surface area contributed by atoms with E-state index in [-0.39, 0.29) is 38.0 Å². The SMILES string of the molecule is CC(=O)CC/C=C(\C)CC/C=C(\C)CC/C=C(\C)C(=O)N(CCO)CCO. The minimum atomic E-state index is -0.133. The van der Waals surface area contributed by atoms with Crippen LogP contribution in [0.4, 0.5) is 0 Å². The van der Waals surface area contributed by atoms with Crippen molar-refractivity contribution in [3.63, 3.8) is 0 Å². The van der Waals surface area contributed by atoms with Gasteiger partial charge in [0.2, 0.25) is 5.91 Å². The van der Waals surface area contributed by atoms with E-state index in [0.717, 1.165) is 32.1 Å². The summed E-state index contributed by atoms with van der Waals surface area (Å²) in [6.07, 6.45) is 11.4. The number of allylic oxidation sites excluding steroid dienone is 5. The number of carbonyl (C=O) groups is 2. The number of Topliss-reactive ketones (excluding diaryl/α,β-unsaturated/α-hetero) is 1. The second-order valence-electron chi connectivity index (χ2n) is 7.05. The minimum Gasteiger partial charge on any atom is -0.395 e. The van der Waals surface area contributed by atoms with Crippen molar-refractivity contribution in [2.24, 2.45) is 0 Å². The normalized spacial score (nSPS) is 13.0. The maximum atomic E-state index is 12.3. The monoisotopic (exact) mass is 379 g/mol. The average Bonchev–Trinajstić information content (AvgIpc) is 2.60. The Bertz CT molecular complexity index is 541. The fourth-order valence-electron chi connectivity index (χ4n) is 2.68. The lowest BCUT2D eigenvalue weighted by Crippen LogP contribution is -2.36. The summed E-state index contributed by atoms with van der Waals surface area (Å²) < 4.78 is 0. The van der Waals surface area contributed by atoms with E-state index in [1.165, 1.54) is 16.0 Å². The number of hydrogen-bond donors (Lipinski definition) is 2. The van der Waals surface area contributed by atoms with Gasteiger partial charge < -0.3 is 19.9 Å². The van der Waals surface area contributed by atoms with Crippen LogP contribution in [-0.2, 0) is 9.59 Å². The smallest absolute Gasteiger partial charge is 0.249 e. The molecule has 0 aliphatic carbocycles. The summed E-state index contributed by atoms with van der Waals surface area (Å²) in [5, 5.41) is 18.0. The van der Waals surface area contributed by atoms with Crippen molar-refractivity contribution >= 4 is 11.7 Å². The number of rotatable bonds is 14. The first-order valence-electron chi connectivity index (χ1n) is 9.80. The minimum absolute atomic E-state index is 0.108. The van der Waals surface area contributed by atoms with Crippen molar-refractivity contribution in [1.82, 2.24) is 4.90 Å². The van der Waals surface area contributed by atoms with Crippen LogP contribution in [0.25, 0.3) is 0 Å². The summed E-state index contributed by atoms with van der Waals surface area (Å²) in [6, 6.07) is 0. The molecule has 0 saturated carbocycles. The standard InChI is InChI=1S/C22H37NO4/c1-18(8-5-9-19(2)11-7-13-21(4)26)10-6-12-20(3)22(27)23(14-16-24)15-17-25/h8,11-12,24-25H,5-7,9-10,13-17H2,1-4H3/b18-8+,19-11+,20-12+. The van der Waals surface area contributed by atoms with Crippen LogP contribution in [-0.4, -0.2) is 53.1 Å². The highest BCUT2D eigenvalue weighted by atomic mass is 16.3. The Labute approximate surface area is 164 Å². The molecule has 0 rings (SSSR count). The summed E-state index contributed by atoms with van der Waals surface area (Å²) in [5.41, 5.74) is 3.26. The Kier molecular flexibility index (Phi) is 14.4. The quantitative estimate of drug-likeness (QED) is 0.357. The zero-order chi connectivity index (χ0) is 20.7. The fraction of sp³-hybridized carbons (Fsp3) is 0.636. The van der Waals surface area contributed by atoms with Gasteiger partial charge in [-0.1, -0.05) is 29.4 Å². The maximum Gasteiger partial charge on any atom is 0.249 e. The molecule has 0 aliphatic rings. The van der Waals surface area contributed by atoms with Crippen molar-refractivity contribution in [3.05, 3.63) is 34.9 Å². The predicted molar refractivity (Wildman–Crippen MR) is 110 cm³/mol. The van der Waals surface area contributed by atoms with Crippen LogP contribution in [0.1, 0.15) is 66.2 Å². The highest BCUT2D eigenvalue weighted by Crippen LogP contribution is 2.13. The molecule has 0 atom stereocenters. The van der Waals surface area contributed by atoms with E-state index in [4.69, 9.17) is 10.2 Å². The molecule has 1 amide bonds. The highest BCUT2D eigenvalue weighted by Gasteiger charge is 2.13. The first kappa shape index (κ1) is 25.3. The van der Waals surface area contributed by atoms with Crippen molar-refractivity contribution in [3.8, 4) is 0 Å². The number of amides is 1. The molecule has 0 spiro atoms. The van der Waals surface area contributed by atoms with Crippen LogP contribution in [0, 0.1) is 0 Å². The van der Waals surface area contributed by atoms with Gasteiger partial charge in [-0.05, 0) is 59.8 Å². The fourth-order valence-corrected chi connectivity index (χ4v) is 2.68. The van der Waals surface area contributed by atoms with Crippen molar-refractivity contribution in [2.45, 2.75) is 66.2 Å². The molecule has 0 aromatic heterocycles. The molecule has 0 fully saturated rings. The van der Waals surface area contributed by atoms with Gasteiger partial charge in [0.25, 0.3) is 0 Å². The van der Waals surface area contributed by atoms with E-state index in [2.05, 4.69) is 26.0 Å². The number of nitrogens with zero attached hydrogens (tertiary/aromatic N) is 1. The Morgan fingerprint density at radius 2 is 1.19 bits per heavy atom. The Balaban J connectivity index is 4.33. The summed E-state index contributed by atoms with van der Waals surface area (Å²) >= 11 is 0. The molecular weight excluding hydrogens is 342 g/mol. The number of carbonyl (C=O) groups excluding carboxylic acids is 2. The van der Waals surface area contributed by atoms with Crippen molar-refractivity contribution < 1.29 is 19.8 Å². The first-order valence-corrected chi connectivity index (χ1v) is 9.80. The van der Waals surface area contributed by atoms with Crippen LogP contribution < -0.4 is 0 Å². The second-order valence-corrected chi connectivity index (χ2v) is 7.05. The number of ketones is 1. The van der Waals surface area contributed by atoms with Crippen molar-refractivity contribution in [1.29, 1.82) is 0 Å². The molecule has 0 saturated heterocycles. The number of aliphatic hydroxyl groups excluding tert-OH is 2. The van der Waals surface area contributed by atoms with Gasteiger partial charge >= 0.3 is 0 Å². The molecule has 5 heteroatoms. The molecular formula is C22H37NO4. The lowest BCUT2D eigenvalue weighted by atomic mass is 10.0. The van der Waals surface area contributed by atoms with Crippen LogP contribution in [0.15, 0.2) is 34.9 Å². The van der Waals surface area contributed by atoms with Crippen LogP contribution in [0.5, 0.6) is 0 Å².